The first kappa shape index (κ1) is 14.1. The monoisotopic (exact) mass is 234 g/mol. The second kappa shape index (κ2) is 5.27. The van der Waals surface area contributed by atoms with Crippen molar-refractivity contribution in [1.29, 1.82) is 0 Å². The summed E-state index contributed by atoms with van der Waals surface area (Å²) in [6.45, 7) is 6.71. The quantitative estimate of drug-likeness (QED) is 0.532. The van der Waals surface area contributed by atoms with Gasteiger partial charge in [-0.05, 0) is 18.9 Å². The number of hydrogen-bond donors (Lipinski definition) is 1. The van der Waals surface area contributed by atoms with E-state index in [1.54, 1.807) is 13.8 Å². The molecule has 0 aromatic heterocycles. The minimum atomic E-state index is -4.36. The molecule has 0 aromatic rings. The second-order valence-corrected chi connectivity index (χ2v) is 4.79. The molecule has 0 heterocycles. The molecule has 0 aliphatic rings. The minimum absolute atomic E-state index is 0.380. The summed E-state index contributed by atoms with van der Waals surface area (Å²) in [4.78, 5) is 11.1. The van der Waals surface area contributed by atoms with Crippen LogP contribution in [-0.4, -0.2) is 30.2 Å². The zero-order valence-electron chi connectivity index (χ0n) is 8.95. The van der Waals surface area contributed by atoms with E-state index in [-0.39, 0.29) is 0 Å². The molecule has 1 amide bonds. The molecule has 0 rings (SSSR count). The molecule has 0 atom stereocenters. The van der Waals surface area contributed by atoms with Gasteiger partial charge in [0.05, 0.1) is 21.4 Å². The second-order valence-electron chi connectivity index (χ2n) is 3.38. The zero-order valence-corrected chi connectivity index (χ0v) is 9.76. The Morgan fingerprint density at radius 3 is 2.20 bits per heavy atom. The first-order valence-electron chi connectivity index (χ1n) is 4.66. The van der Waals surface area contributed by atoms with Crippen LogP contribution >= 0.6 is 0 Å². The van der Waals surface area contributed by atoms with E-state index in [9.17, 15) is 17.8 Å². The fourth-order valence-corrected chi connectivity index (χ4v) is 2.47. The largest absolute Gasteiger partial charge is 0.748 e. The summed E-state index contributed by atoms with van der Waals surface area (Å²) in [5.41, 5.74) is -0.980. The molecule has 0 spiro atoms. The average molecular weight is 234 g/mol. The number of rotatable bonds is 6. The molecule has 0 saturated carbocycles. The Morgan fingerprint density at radius 1 is 1.47 bits per heavy atom. The van der Waals surface area contributed by atoms with E-state index >= 15 is 0 Å². The van der Waals surface area contributed by atoms with Gasteiger partial charge < -0.3 is 9.87 Å². The maximum Gasteiger partial charge on any atom is 0.243 e. The number of carbonyl (C=O) groups is 1. The van der Waals surface area contributed by atoms with E-state index in [0.717, 1.165) is 6.08 Å². The van der Waals surface area contributed by atoms with Crippen molar-refractivity contribution in [2.45, 2.75) is 32.2 Å². The van der Waals surface area contributed by atoms with Crippen LogP contribution in [0.4, 0.5) is 0 Å². The van der Waals surface area contributed by atoms with E-state index in [0.29, 0.717) is 12.8 Å². The Morgan fingerprint density at radius 2 is 1.93 bits per heavy atom. The van der Waals surface area contributed by atoms with Crippen LogP contribution in [0.3, 0.4) is 0 Å². The van der Waals surface area contributed by atoms with Crippen molar-refractivity contribution in [3.63, 3.8) is 0 Å². The summed E-state index contributed by atoms with van der Waals surface area (Å²) < 4.78 is 32.1. The molecule has 6 heteroatoms. The SMILES string of the molecule is C=CC(=O)NC(CC)(CC)CS(=O)(=O)[O-]. The van der Waals surface area contributed by atoms with Crippen molar-refractivity contribution in [3.05, 3.63) is 12.7 Å². The molecule has 0 fully saturated rings. The molecule has 88 valence electrons. The minimum Gasteiger partial charge on any atom is -0.748 e. The highest BCUT2D eigenvalue weighted by Crippen LogP contribution is 2.17. The van der Waals surface area contributed by atoms with Gasteiger partial charge in [-0.2, -0.15) is 0 Å². The van der Waals surface area contributed by atoms with Gasteiger partial charge in [-0.15, -0.1) is 0 Å². The summed E-state index contributed by atoms with van der Waals surface area (Å²) in [6.07, 6.45) is 1.81. The Hall–Kier alpha value is -0.880. The molecular weight excluding hydrogens is 218 g/mol. The van der Waals surface area contributed by atoms with Crippen molar-refractivity contribution in [2.24, 2.45) is 0 Å². The van der Waals surface area contributed by atoms with Crippen molar-refractivity contribution < 1.29 is 17.8 Å². The predicted molar refractivity (Wildman–Crippen MR) is 56.2 cm³/mol. The van der Waals surface area contributed by atoms with Gasteiger partial charge in [0.1, 0.15) is 0 Å². The lowest BCUT2D eigenvalue weighted by Gasteiger charge is -2.33. The summed E-state index contributed by atoms with van der Waals surface area (Å²) in [7, 11) is -4.36. The van der Waals surface area contributed by atoms with Gasteiger partial charge in [0.15, 0.2) is 0 Å². The zero-order chi connectivity index (χ0) is 12.1. The third kappa shape index (κ3) is 4.94. The molecule has 0 radical (unpaired) electrons. The van der Waals surface area contributed by atoms with Crippen molar-refractivity contribution >= 4 is 16.0 Å². The van der Waals surface area contributed by atoms with E-state index in [2.05, 4.69) is 11.9 Å². The number of amides is 1. The molecule has 0 saturated heterocycles. The lowest BCUT2D eigenvalue weighted by atomic mass is 9.95. The van der Waals surface area contributed by atoms with Gasteiger partial charge in [0.25, 0.3) is 0 Å². The van der Waals surface area contributed by atoms with E-state index in [4.69, 9.17) is 0 Å². The standard InChI is InChI=1S/C9H17NO4S/c1-4-8(11)10-9(5-2,6-3)7-15(12,13)14/h4H,1,5-7H2,2-3H3,(H,10,11)(H,12,13,14)/p-1. The molecule has 0 aromatic carbocycles. The van der Waals surface area contributed by atoms with Crippen LogP contribution < -0.4 is 5.32 Å². The Kier molecular flexibility index (Phi) is 4.96. The summed E-state index contributed by atoms with van der Waals surface area (Å²) >= 11 is 0. The normalized spacial score (nSPS) is 12.2. The van der Waals surface area contributed by atoms with Gasteiger partial charge in [-0.3, -0.25) is 4.79 Å². The molecule has 1 N–H and O–H groups in total. The molecular formula is C9H16NO4S-. The summed E-state index contributed by atoms with van der Waals surface area (Å²) in [5, 5.41) is 2.50. The van der Waals surface area contributed by atoms with Crippen LogP contribution in [-0.2, 0) is 14.9 Å². The van der Waals surface area contributed by atoms with Crippen LogP contribution in [0.2, 0.25) is 0 Å². The lowest BCUT2D eigenvalue weighted by Crippen LogP contribution is -2.51. The van der Waals surface area contributed by atoms with E-state index in [1.165, 1.54) is 0 Å². The highest BCUT2D eigenvalue weighted by Gasteiger charge is 2.29. The van der Waals surface area contributed by atoms with Crippen molar-refractivity contribution in [3.8, 4) is 0 Å². The van der Waals surface area contributed by atoms with Crippen LogP contribution in [0, 0.1) is 0 Å². The maximum atomic E-state index is 11.1. The molecule has 0 aliphatic heterocycles. The Balaban J connectivity index is 4.88. The third-order valence-electron chi connectivity index (χ3n) is 2.38. The van der Waals surface area contributed by atoms with Crippen LogP contribution in [0.25, 0.3) is 0 Å². The van der Waals surface area contributed by atoms with E-state index in [1.807, 2.05) is 0 Å². The molecule has 0 bridgehead atoms. The molecule has 0 aliphatic carbocycles. The molecule has 5 nitrogen and oxygen atoms in total. The van der Waals surface area contributed by atoms with Gasteiger partial charge in [-0.25, -0.2) is 8.42 Å². The Bertz CT molecular complexity index is 330. The lowest BCUT2D eigenvalue weighted by molar-refractivity contribution is -0.118. The highest BCUT2D eigenvalue weighted by atomic mass is 32.2. The number of nitrogens with one attached hydrogen (secondary N) is 1. The van der Waals surface area contributed by atoms with Gasteiger partial charge >= 0.3 is 0 Å². The van der Waals surface area contributed by atoms with Crippen LogP contribution in [0.5, 0.6) is 0 Å². The Labute approximate surface area is 90.3 Å². The topological polar surface area (TPSA) is 86.3 Å². The summed E-state index contributed by atoms with van der Waals surface area (Å²) in [5.74, 6) is -1.06. The van der Waals surface area contributed by atoms with Crippen LogP contribution in [0.15, 0.2) is 12.7 Å². The number of hydrogen-bond acceptors (Lipinski definition) is 4. The smallest absolute Gasteiger partial charge is 0.243 e. The fourth-order valence-electron chi connectivity index (χ4n) is 1.32. The van der Waals surface area contributed by atoms with E-state index < -0.39 is 27.3 Å². The van der Waals surface area contributed by atoms with Crippen LogP contribution in [0.1, 0.15) is 26.7 Å². The van der Waals surface area contributed by atoms with Gasteiger partial charge in [0.2, 0.25) is 5.91 Å². The van der Waals surface area contributed by atoms with Crippen molar-refractivity contribution in [1.82, 2.24) is 5.32 Å². The van der Waals surface area contributed by atoms with Crippen molar-refractivity contribution in [2.75, 3.05) is 5.75 Å². The fraction of sp³-hybridized carbons (Fsp3) is 0.667. The highest BCUT2D eigenvalue weighted by molar-refractivity contribution is 7.85. The molecule has 15 heavy (non-hydrogen) atoms. The summed E-state index contributed by atoms with van der Waals surface area (Å²) in [6, 6.07) is 0. The average Bonchev–Trinajstić information content (AvgIpc) is 2.14. The maximum absolute atomic E-state index is 11.1. The first-order valence-corrected chi connectivity index (χ1v) is 6.24. The molecule has 0 unspecified atom stereocenters. The number of carbonyl (C=O) groups excluding carboxylic acids is 1. The van der Waals surface area contributed by atoms with Gasteiger partial charge in [-0.1, -0.05) is 20.4 Å². The first-order chi connectivity index (χ1) is 6.78. The third-order valence-corrected chi connectivity index (χ3v) is 3.29. The predicted octanol–water partition coefficient (Wildman–Crippen LogP) is 0.393. The van der Waals surface area contributed by atoms with Gasteiger partial charge in [0, 0.05) is 0 Å².